The Morgan fingerprint density at radius 2 is 1.42 bits per heavy atom. The summed E-state index contributed by atoms with van der Waals surface area (Å²) < 4.78 is 77.0. The maximum atomic E-state index is 13.6. The molecule has 0 amide bonds. The van der Waals surface area contributed by atoms with Gasteiger partial charge in [0.2, 0.25) is 0 Å². The van der Waals surface area contributed by atoms with E-state index in [0.717, 1.165) is 24.3 Å². The molecule has 0 aliphatic rings. The van der Waals surface area contributed by atoms with Crippen molar-refractivity contribution >= 4 is 0 Å². The highest BCUT2D eigenvalue weighted by Gasteiger charge is 2.31. The zero-order valence-electron chi connectivity index (χ0n) is 9.23. The van der Waals surface area contributed by atoms with Crippen LogP contribution in [-0.4, -0.2) is 0 Å². The van der Waals surface area contributed by atoms with Gasteiger partial charge in [0.15, 0.2) is 11.6 Å². The molecule has 0 nitrogen and oxygen atoms in total. The SMILES string of the molecule is Fc1cc(C(F)(F)F)ccc1-c1cccc(F)c1F. The van der Waals surface area contributed by atoms with E-state index in [2.05, 4.69) is 0 Å². The van der Waals surface area contributed by atoms with Gasteiger partial charge < -0.3 is 0 Å². The lowest BCUT2D eigenvalue weighted by atomic mass is 10.0. The lowest BCUT2D eigenvalue weighted by Gasteiger charge is -2.10. The molecule has 0 aliphatic carbocycles. The summed E-state index contributed by atoms with van der Waals surface area (Å²) in [5, 5.41) is 0. The minimum absolute atomic E-state index is 0.250. The third-order valence-electron chi connectivity index (χ3n) is 2.54. The highest BCUT2D eigenvalue weighted by molar-refractivity contribution is 5.65. The quantitative estimate of drug-likeness (QED) is 0.657. The smallest absolute Gasteiger partial charge is 0.206 e. The molecular weight excluding hydrogens is 270 g/mol. The van der Waals surface area contributed by atoms with Crippen LogP contribution in [0.2, 0.25) is 0 Å². The van der Waals surface area contributed by atoms with E-state index in [-0.39, 0.29) is 6.07 Å². The summed E-state index contributed by atoms with van der Waals surface area (Å²) in [5.74, 6) is -3.77. The monoisotopic (exact) mass is 276 g/mol. The fourth-order valence-corrected chi connectivity index (χ4v) is 1.62. The van der Waals surface area contributed by atoms with Crippen molar-refractivity contribution in [3.63, 3.8) is 0 Å². The van der Waals surface area contributed by atoms with Gasteiger partial charge in [0.25, 0.3) is 0 Å². The van der Waals surface area contributed by atoms with Crippen LogP contribution in [-0.2, 0) is 6.18 Å². The first-order chi connectivity index (χ1) is 8.80. The van der Waals surface area contributed by atoms with Crippen LogP contribution in [0.3, 0.4) is 0 Å². The molecule has 0 saturated carbocycles. The van der Waals surface area contributed by atoms with Crippen LogP contribution in [0.25, 0.3) is 11.1 Å². The molecule has 0 atom stereocenters. The van der Waals surface area contributed by atoms with Gasteiger partial charge in [0.05, 0.1) is 5.56 Å². The molecule has 0 heterocycles. The Morgan fingerprint density at radius 1 is 0.737 bits per heavy atom. The van der Waals surface area contributed by atoms with E-state index in [9.17, 15) is 26.3 Å². The van der Waals surface area contributed by atoms with E-state index in [1.54, 1.807) is 0 Å². The Hall–Kier alpha value is -1.98. The molecule has 100 valence electrons. The van der Waals surface area contributed by atoms with Crippen LogP contribution < -0.4 is 0 Å². The lowest BCUT2D eigenvalue weighted by molar-refractivity contribution is -0.137. The van der Waals surface area contributed by atoms with Gasteiger partial charge in [-0.15, -0.1) is 0 Å². The molecule has 0 saturated heterocycles. The minimum Gasteiger partial charge on any atom is -0.206 e. The predicted molar refractivity (Wildman–Crippen MR) is 56.8 cm³/mol. The van der Waals surface area contributed by atoms with E-state index >= 15 is 0 Å². The molecular formula is C13H6F6. The fraction of sp³-hybridized carbons (Fsp3) is 0.0769. The zero-order valence-corrected chi connectivity index (χ0v) is 9.23. The summed E-state index contributed by atoms with van der Waals surface area (Å²) >= 11 is 0. The van der Waals surface area contributed by atoms with Crippen LogP contribution in [0.4, 0.5) is 26.3 Å². The molecule has 0 bridgehead atoms. The number of benzene rings is 2. The number of hydrogen-bond donors (Lipinski definition) is 0. The third-order valence-corrected chi connectivity index (χ3v) is 2.54. The van der Waals surface area contributed by atoms with Crippen molar-refractivity contribution in [1.82, 2.24) is 0 Å². The number of halogens is 6. The molecule has 0 fully saturated rings. The first-order valence-corrected chi connectivity index (χ1v) is 5.12. The van der Waals surface area contributed by atoms with Gasteiger partial charge in [-0.05, 0) is 18.2 Å². The van der Waals surface area contributed by atoms with Crippen LogP contribution in [0, 0.1) is 17.5 Å². The molecule has 2 aromatic rings. The Balaban J connectivity index is 2.56. The van der Waals surface area contributed by atoms with Gasteiger partial charge in [0, 0.05) is 11.1 Å². The van der Waals surface area contributed by atoms with Gasteiger partial charge in [-0.2, -0.15) is 13.2 Å². The first kappa shape index (κ1) is 13.5. The summed E-state index contributed by atoms with van der Waals surface area (Å²) in [6.07, 6.45) is -4.69. The van der Waals surface area contributed by atoms with Crippen LogP contribution in [0.1, 0.15) is 5.56 Å². The van der Waals surface area contributed by atoms with Gasteiger partial charge >= 0.3 is 6.18 Å². The second-order valence-corrected chi connectivity index (χ2v) is 3.79. The molecule has 0 aliphatic heterocycles. The highest BCUT2D eigenvalue weighted by Crippen LogP contribution is 2.33. The predicted octanol–water partition coefficient (Wildman–Crippen LogP) is 4.79. The lowest BCUT2D eigenvalue weighted by Crippen LogP contribution is -2.05. The van der Waals surface area contributed by atoms with E-state index in [0.29, 0.717) is 6.07 Å². The number of rotatable bonds is 1. The summed E-state index contributed by atoms with van der Waals surface area (Å²) in [7, 11) is 0. The largest absolute Gasteiger partial charge is 0.416 e. The molecule has 0 aromatic heterocycles. The summed E-state index contributed by atoms with van der Waals surface area (Å²) in [6.45, 7) is 0. The Labute approximate surface area is 104 Å². The molecule has 0 N–H and O–H groups in total. The van der Waals surface area contributed by atoms with Crippen molar-refractivity contribution in [3.8, 4) is 11.1 Å². The molecule has 0 radical (unpaired) electrons. The van der Waals surface area contributed by atoms with Crippen LogP contribution in [0.15, 0.2) is 36.4 Å². The van der Waals surface area contributed by atoms with Crippen molar-refractivity contribution in [1.29, 1.82) is 0 Å². The van der Waals surface area contributed by atoms with Gasteiger partial charge in [0.1, 0.15) is 5.82 Å². The number of hydrogen-bond acceptors (Lipinski definition) is 0. The maximum absolute atomic E-state index is 13.6. The standard InChI is InChI=1S/C13H6F6/c14-10-3-1-2-9(12(10)16)8-5-4-7(6-11(8)15)13(17,18)19/h1-6H. The molecule has 19 heavy (non-hydrogen) atoms. The van der Waals surface area contributed by atoms with E-state index in [1.165, 1.54) is 0 Å². The first-order valence-electron chi connectivity index (χ1n) is 5.12. The fourth-order valence-electron chi connectivity index (χ4n) is 1.62. The Morgan fingerprint density at radius 3 is 2.00 bits per heavy atom. The van der Waals surface area contributed by atoms with Gasteiger partial charge in [-0.1, -0.05) is 18.2 Å². The summed E-state index contributed by atoms with van der Waals surface area (Å²) in [6, 6.07) is 4.70. The van der Waals surface area contributed by atoms with Crippen molar-refractivity contribution in [3.05, 3.63) is 59.4 Å². The van der Waals surface area contributed by atoms with Crippen LogP contribution >= 0.6 is 0 Å². The van der Waals surface area contributed by atoms with Crippen molar-refractivity contribution in [2.24, 2.45) is 0 Å². The average molecular weight is 276 g/mol. The minimum atomic E-state index is -4.69. The molecule has 6 heteroatoms. The number of alkyl halides is 3. The van der Waals surface area contributed by atoms with E-state index in [1.807, 2.05) is 0 Å². The Kier molecular flexibility index (Phi) is 3.26. The average Bonchev–Trinajstić information content (AvgIpc) is 2.32. The molecule has 2 rings (SSSR count). The molecule has 2 aromatic carbocycles. The topological polar surface area (TPSA) is 0 Å². The zero-order chi connectivity index (χ0) is 14.2. The summed E-state index contributed by atoms with van der Waals surface area (Å²) in [5.41, 5.74) is -2.04. The second kappa shape index (κ2) is 4.60. The molecule has 0 unspecified atom stereocenters. The van der Waals surface area contributed by atoms with Crippen molar-refractivity contribution in [2.75, 3.05) is 0 Å². The second-order valence-electron chi connectivity index (χ2n) is 3.79. The van der Waals surface area contributed by atoms with Crippen molar-refractivity contribution in [2.45, 2.75) is 6.18 Å². The van der Waals surface area contributed by atoms with E-state index in [4.69, 9.17) is 0 Å². The summed E-state index contributed by atoms with van der Waals surface area (Å²) in [4.78, 5) is 0. The Bertz CT molecular complexity index is 615. The van der Waals surface area contributed by atoms with Gasteiger partial charge in [-0.3, -0.25) is 0 Å². The van der Waals surface area contributed by atoms with Crippen LogP contribution in [0.5, 0.6) is 0 Å². The highest BCUT2D eigenvalue weighted by atomic mass is 19.4. The van der Waals surface area contributed by atoms with Gasteiger partial charge in [-0.25, -0.2) is 13.2 Å². The maximum Gasteiger partial charge on any atom is 0.416 e. The van der Waals surface area contributed by atoms with Crippen molar-refractivity contribution < 1.29 is 26.3 Å². The molecule has 0 spiro atoms. The third kappa shape index (κ3) is 2.57. The normalized spacial score (nSPS) is 11.7. The van der Waals surface area contributed by atoms with E-state index < -0.39 is 40.3 Å².